The topological polar surface area (TPSA) is 32.3 Å². The normalized spacial score (nSPS) is 34.4. The lowest BCUT2D eigenvalue weighted by molar-refractivity contribution is -0.144. The number of rotatable bonds is 2. The third kappa shape index (κ3) is 1.46. The van der Waals surface area contributed by atoms with Crippen molar-refractivity contribution in [2.24, 2.45) is 5.41 Å². The summed E-state index contributed by atoms with van der Waals surface area (Å²) in [4.78, 5) is 13.9. The van der Waals surface area contributed by atoms with Crippen LogP contribution < -0.4 is 5.32 Å². The molecule has 3 nitrogen and oxygen atoms in total. The lowest BCUT2D eigenvalue weighted by Gasteiger charge is -2.47. The van der Waals surface area contributed by atoms with E-state index in [9.17, 15) is 4.79 Å². The minimum Gasteiger partial charge on any atom is -0.354 e. The zero-order valence-electron chi connectivity index (χ0n) is 8.31. The second-order valence-corrected chi connectivity index (χ2v) is 4.34. The first-order chi connectivity index (χ1) is 6.27. The molecule has 13 heavy (non-hydrogen) atoms. The molecule has 0 bridgehead atoms. The van der Waals surface area contributed by atoms with Crippen LogP contribution in [0.15, 0.2) is 0 Å². The largest absolute Gasteiger partial charge is 0.354 e. The van der Waals surface area contributed by atoms with Gasteiger partial charge in [0.25, 0.3) is 0 Å². The van der Waals surface area contributed by atoms with Crippen LogP contribution in [0, 0.1) is 5.41 Å². The number of nitrogens with zero attached hydrogens (tertiary/aromatic N) is 1. The average molecular weight is 182 g/mol. The second kappa shape index (κ2) is 3.29. The first kappa shape index (κ1) is 9.00. The standard InChI is InChI=1S/C10H18N2O/c1-2-5-12-6-3-4-10(8-12)7-11-9(10)13/h2-8H2,1H3,(H,11,13)/t10-/m1/s1. The highest BCUT2D eigenvalue weighted by Crippen LogP contribution is 2.34. The maximum absolute atomic E-state index is 11.4. The SMILES string of the molecule is CCCN1CCC[C@@]2(CNC2=O)C1. The Kier molecular flexibility index (Phi) is 2.28. The Morgan fingerprint density at radius 2 is 2.46 bits per heavy atom. The van der Waals surface area contributed by atoms with Crippen molar-refractivity contribution in [3.8, 4) is 0 Å². The minimum absolute atomic E-state index is 0.00736. The van der Waals surface area contributed by atoms with Crippen molar-refractivity contribution < 1.29 is 4.79 Å². The third-order valence-electron chi connectivity index (χ3n) is 3.26. The second-order valence-electron chi connectivity index (χ2n) is 4.34. The summed E-state index contributed by atoms with van der Waals surface area (Å²) in [6.07, 6.45) is 3.48. The number of carbonyl (C=O) groups excluding carboxylic acids is 1. The molecule has 74 valence electrons. The Hall–Kier alpha value is -0.570. The van der Waals surface area contributed by atoms with Gasteiger partial charge in [0.2, 0.25) is 5.91 Å². The first-order valence-corrected chi connectivity index (χ1v) is 5.27. The molecule has 0 aromatic rings. The van der Waals surface area contributed by atoms with Crippen LogP contribution in [-0.2, 0) is 4.79 Å². The first-order valence-electron chi connectivity index (χ1n) is 5.27. The van der Waals surface area contributed by atoms with Gasteiger partial charge in [-0.15, -0.1) is 0 Å². The smallest absolute Gasteiger partial charge is 0.229 e. The van der Waals surface area contributed by atoms with E-state index in [4.69, 9.17) is 0 Å². The number of likely N-dealkylation sites (tertiary alicyclic amines) is 1. The molecule has 2 aliphatic heterocycles. The van der Waals surface area contributed by atoms with Crippen molar-refractivity contribution in [2.75, 3.05) is 26.2 Å². The fourth-order valence-electron chi connectivity index (χ4n) is 2.47. The van der Waals surface area contributed by atoms with E-state index in [1.54, 1.807) is 0 Å². The Morgan fingerprint density at radius 1 is 1.62 bits per heavy atom. The molecule has 1 amide bonds. The highest BCUT2D eigenvalue weighted by molar-refractivity contribution is 5.89. The van der Waals surface area contributed by atoms with Crippen molar-refractivity contribution in [1.29, 1.82) is 0 Å². The third-order valence-corrected chi connectivity index (χ3v) is 3.26. The van der Waals surface area contributed by atoms with Crippen molar-refractivity contribution in [2.45, 2.75) is 26.2 Å². The van der Waals surface area contributed by atoms with Crippen LogP contribution in [0.1, 0.15) is 26.2 Å². The monoisotopic (exact) mass is 182 g/mol. The highest BCUT2D eigenvalue weighted by atomic mass is 16.2. The molecule has 2 heterocycles. The van der Waals surface area contributed by atoms with Crippen LogP contribution in [-0.4, -0.2) is 37.0 Å². The Morgan fingerprint density at radius 3 is 3.00 bits per heavy atom. The molecule has 2 rings (SSSR count). The van der Waals surface area contributed by atoms with Crippen molar-refractivity contribution >= 4 is 5.91 Å². The van der Waals surface area contributed by atoms with Crippen LogP contribution in [0.3, 0.4) is 0 Å². The van der Waals surface area contributed by atoms with Gasteiger partial charge in [0, 0.05) is 13.1 Å². The van der Waals surface area contributed by atoms with Gasteiger partial charge in [0.1, 0.15) is 0 Å². The van der Waals surface area contributed by atoms with Gasteiger partial charge < -0.3 is 10.2 Å². The van der Waals surface area contributed by atoms with Gasteiger partial charge in [-0.05, 0) is 32.4 Å². The molecular weight excluding hydrogens is 164 g/mol. The van der Waals surface area contributed by atoms with Crippen molar-refractivity contribution in [1.82, 2.24) is 10.2 Å². The summed E-state index contributed by atoms with van der Waals surface area (Å²) in [6, 6.07) is 0. The van der Waals surface area contributed by atoms with Crippen LogP contribution in [0.25, 0.3) is 0 Å². The molecule has 0 aromatic carbocycles. The van der Waals surface area contributed by atoms with Crippen molar-refractivity contribution in [3.05, 3.63) is 0 Å². The van der Waals surface area contributed by atoms with Gasteiger partial charge in [-0.25, -0.2) is 0 Å². The molecule has 1 N–H and O–H groups in total. The number of carbonyl (C=O) groups is 1. The molecule has 3 heteroatoms. The van der Waals surface area contributed by atoms with E-state index < -0.39 is 0 Å². The van der Waals surface area contributed by atoms with E-state index in [1.807, 2.05) is 0 Å². The summed E-state index contributed by atoms with van der Waals surface area (Å²) in [7, 11) is 0. The fourth-order valence-corrected chi connectivity index (χ4v) is 2.47. The molecule has 0 unspecified atom stereocenters. The highest BCUT2D eigenvalue weighted by Gasteiger charge is 2.48. The van der Waals surface area contributed by atoms with E-state index in [0.717, 1.165) is 26.1 Å². The van der Waals surface area contributed by atoms with Gasteiger partial charge in [0.15, 0.2) is 0 Å². The predicted octanol–water partition coefficient (Wildman–Crippen LogP) is 0.608. The summed E-state index contributed by atoms with van der Waals surface area (Å²) < 4.78 is 0. The Bertz CT molecular complexity index is 215. The van der Waals surface area contributed by atoms with Crippen molar-refractivity contribution in [3.63, 3.8) is 0 Å². The molecule has 2 aliphatic rings. The number of hydrogen-bond acceptors (Lipinski definition) is 2. The predicted molar refractivity (Wildman–Crippen MR) is 51.4 cm³/mol. The zero-order chi connectivity index (χ0) is 9.31. The minimum atomic E-state index is 0.00736. The van der Waals surface area contributed by atoms with Crippen LogP contribution in [0.5, 0.6) is 0 Å². The number of nitrogens with one attached hydrogen (secondary N) is 1. The Labute approximate surface area is 79.5 Å². The lowest BCUT2D eigenvalue weighted by atomic mass is 9.74. The van der Waals surface area contributed by atoms with Crippen LogP contribution in [0.2, 0.25) is 0 Å². The maximum atomic E-state index is 11.4. The average Bonchev–Trinajstić information content (AvgIpc) is 2.17. The molecule has 2 saturated heterocycles. The van der Waals surface area contributed by atoms with Crippen LogP contribution in [0.4, 0.5) is 0 Å². The summed E-state index contributed by atoms with van der Waals surface area (Å²) in [5, 5.41) is 2.87. The Balaban J connectivity index is 1.95. The molecular formula is C10H18N2O. The number of hydrogen-bond donors (Lipinski definition) is 1. The van der Waals surface area contributed by atoms with Gasteiger partial charge >= 0.3 is 0 Å². The van der Waals surface area contributed by atoms with E-state index >= 15 is 0 Å². The van der Waals surface area contributed by atoms with Gasteiger partial charge in [-0.3, -0.25) is 4.79 Å². The fraction of sp³-hybridized carbons (Fsp3) is 0.900. The van der Waals surface area contributed by atoms with E-state index in [1.165, 1.54) is 19.4 Å². The number of amides is 1. The summed E-state index contributed by atoms with van der Waals surface area (Å²) in [5.41, 5.74) is 0.00736. The van der Waals surface area contributed by atoms with E-state index in [0.29, 0.717) is 0 Å². The molecule has 1 spiro atoms. The van der Waals surface area contributed by atoms with E-state index in [-0.39, 0.29) is 11.3 Å². The summed E-state index contributed by atoms with van der Waals surface area (Å²) >= 11 is 0. The number of piperidine rings is 1. The molecule has 0 aliphatic carbocycles. The molecule has 2 fully saturated rings. The molecule has 0 saturated carbocycles. The van der Waals surface area contributed by atoms with E-state index in [2.05, 4.69) is 17.1 Å². The number of β-lactam (4-membered cyclic amide) rings is 1. The van der Waals surface area contributed by atoms with Gasteiger partial charge in [-0.2, -0.15) is 0 Å². The quantitative estimate of drug-likeness (QED) is 0.635. The summed E-state index contributed by atoms with van der Waals surface area (Å²) in [5.74, 6) is 0.285. The zero-order valence-corrected chi connectivity index (χ0v) is 8.31. The van der Waals surface area contributed by atoms with Crippen LogP contribution >= 0.6 is 0 Å². The molecule has 0 radical (unpaired) electrons. The molecule has 0 aromatic heterocycles. The van der Waals surface area contributed by atoms with Gasteiger partial charge in [0.05, 0.1) is 5.41 Å². The van der Waals surface area contributed by atoms with Gasteiger partial charge in [-0.1, -0.05) is 6.92 Å². The lowest BCUT2D eigenvalue weighted by Crippen LogP contribution is -2.65. The summed E-state index contributed by atoms with van der Waals surface area (Å²) in [6.45, 7) is 6.43. The molecule has 1 atom stereocenters. The maximum Gasteiger partial charge on any atom is 0.229 e.